The molecular formula is C17H23N5O. The smallest absolute Gasteiger partial charge is 0.168 e. The van der Waals surface area contributed by atoms with Crippen LogP contribution < -0.4 is 4.90 Å². The van der Waals surface area contributed by atoms with Crippen molar-refractivity contribution in [2.24, 2.45) is 7.05 Å². The van der Waals surface area contributed by atoms with Crippen LogP contribution in [-0.4, -0.2) is 38.1 Å². The molecule has 3 heterocycles. The fourth-order valence-electron chi connectivity index (χ4n) is 3.05. The van der Waals surface area contributed by atoms with Gasteiger partial charge >= 0.3 is 0 Å². The highest BCUT2D eigenvalue weighted by Crippen LogP contribution is 2.27. The second-order valence-corrected chi connectivity index (χ2v) is 6.45. The minimum atomic E-state index is 0.146. The van der Waals surface area contributed by atoms with Gasteiger partial charge in [-0.1, -0.05) is 13.8 Å². The quantitative estimate of drug-likeness (QED) is 0.794. The number of carbonyl (C=O) groups excluding carboxylic acids is 1. The van der Waals surface area contributed by atoms with Gasteiger partial charge in [0.15, 0.2) is 5.78 Å². The van der Waals surface area contributed by atoms with Crippen LogP contribution in [0.25, 0.3) is 0 Å². The van der Waals surface area contributed by atoms with Gasteiger partial charge in [0.25, 0.3) is 0 Å². The number of hydrogen-bond donors (Lipinski definition) is 0. The Balaban J connectivity index is 1.75. The molecule has 0 saturated carbocycles. The zero-order valence-electron chi connectivity index (χ0n) is 13.9. The lowest BCUT2D eigenvalue weighted by Crippen LogP contribution is -2.32. The molecule has 0 aliphatic carbocycles. The fourth-order valence-corrected chi connectivity index (χ4v) is 3.05. The van der Waals surface area contributed by atoms with Crippen molar-refractivity contribution in [2.45, 2.75) is 45.1 Å². The van der Waals surface area contributed by atoms with Gasteiger partial charge in [0.1, 0.15) is 11.6 Å². The van der Waals surface area contributed by atoms with Crippen LogP contribution in [0, 0.1) is 0 Å². The number of Topliss-reactive ketones (excluding diaryl/α,β-unsaturated/α-hetero) is 1. The van der Waals surface area contributed by atoms with Gasteiger partial charge in [-0.25, -0.2) is 9.97 Å². The summed E-state index contributed by atoms with van der Waals surface area (Å²) in [6, 6.07) is 2.15. The third-order valence-electron chi connectivity index (χ3n) is 4.30. The molecule has 0 spiro atoms. The van der Waals surface area contributed by atoms with Crippen LogP contribution in [0.5, 0.6) is 0 Å². The van der Waals surface area contributed by atoms with Crippen molar-refractivity contribution in [3.8, 4) is 0 Å². The van der Waals surface area contributed by atoms with Crippen molar-refractivity contribution < 1.29 is 4.79 Å². The van der Waals surface area contributed by atoms with Crippen LogP contribution >= 0.6 is 0 Å². The molecule has 3 rings (SSSR count). The number of rotatable bonds is 5. The van der Waals surface area contributed by atoms with Crippen LogP contribution in [-0.2, 0) is 7.05 Å². The normalized spacial score (nSPS) is 17.9. The van der Waals surface area contributed by atoms with Gasteiger partial charge in [0, 0.05) is 44.4 Å². The number of aromatic nitrogens is 4. The van der Waals surface area contributed by atoms with E-state index in [0.29, 0.717) is 17.9 Å². The average Bonchev–Trinajstić information content (AvgIpc) is 3.16. The molecular weight excluding hydrogens is 290 g/mol. The number of aryl methyl sites for hydroxylation is 1. The number of hydrogen-bond acceptors (Lipinski definition) is 5. The fraction of sp³-hybridized carbons (Fsp3) is 0.529. The summed E-state index contributed by atoms with van der Waals surface area (Å²) >= 11 is 0. The Hall–Kier alpha value is -2.24. The first-order valence-corrected chi connectivity index (χ1v) is 8.16. The summed E-state index contributed by atoms with van der Waals surface area (Å²) in [5.74, 6) is 2.23. The van der Waals surface area contributed by atoms with E-state index >= 15 is 0 Å². The first-order valence-electron chi connectivity index (χ1n) is 8.16. The lowest BCUT2D eigenvalue weighted by Gasteiger charge is -2.25. The second kappa shape index (κ2) is 6.48. The highest BCUT2D eigenvalue weighted by molar-refractivity contribution is 5.96. The molecule has 0 aromatic carbocycles. The first-order chi connectivity index (χ1) is 11.0. The maximum absolute atomic E-state index is 12.5. The van der Waals surface area contributed by atoms with Crippen LogP contribution in [0.15, 0.2) is 24.7 Å². The van der Waals surface area contributed by atoms with Gasteiger partial charge < -0.3 is 4.90 Å². The summed E-state index contributed by atoms with van der Waals surface area (Å²) in [6.45, 7) is 5.12. The highest BCUT2D eigenvalue weighted by atomic mass is 16.1. The number of ketones is 1. The number of carbonyl (C=O) groups is 1. The van der Waals surface area contributed by atoms with Crippen molar-refractivity contribution in [1.29, 1.82) is 0 Å². The van der Waals surface area contributed by atoms with Gasteiger partial charge in [-0.05, 0) is 18.9 Å². The molecule has 6 nitrogen and oxygen atoms in total. The molecule has 2 aromatic heterocycles. The van der Waals surface area contributed by atoms with Gasteiger partial charge in [0.2, 0.25) is 0 Å². The third-order valence-corrected chi connectivity index (χ3v) is 4.30. The SMILES string of the molecule is CC(C)c1nccc(N2CCC[C@@H]2CC(=O)c2cnn(C)c2)n1. The largest absolute Gasteiger partial charge is 0.353 e. The number of anilines is 1. The van der Waals surface area contributed by atoms with Crippen molar-refractivity contribution in [3.63, 3.8) is 0 Å². The lowest BCUT2D eigenvalue weighted by molar-refractivity contribution is 0.0974. The van der Waals surface area contributed by atoms with Gasteiger partial charge in [-0.3, -0.25) is 9.48 Å². The standard InChI is InChI=1S/C17H23N5O/c1-12(2)17-18-7-6-16(20-17)22-8-4-5-14(22)9-15(23)13-10-19-21(3)11-13/h6-7,10-12,14H,4-5,8-9H2,1-3H3/t14-/m1/s1. The van der Waals surface area contributed by atoms with Crippen molar-refractivity contribution in [1.82, 2.24) is 19.7 Å². The van der Waals surface area contributed by atoms with Crippen LogP contribution in [0.3, 0.4) is 0 Å². The second-order valence-electron chi connectivity index (χ2n) is 6.45. The van der Waals surface area contributed by atoms with Gasteiger partial charge in [-0.15, -0.1) is 0 Å². The summed E-state index contributed by atoms with van der Waals surface area (Å²) < 4.78 is 1.67. The summed E-state index contributed by atoms with van der Waals surface area (Å²) in [6.07, 6.45) is 7.86. The molecule has 6 heteroatoms. The van der Waals surface area contributed by atoms with Gasteiger partial charge in [-0.2, -0.15) is 5.10 Å². The van der Waals surface area contributed by atoms with Crippen LogP contribution in [0.4, 0.5) is 5.82 Å². The molecule has 2 aromatic rings. The van der Waals surface area contributed by atoms with Crippen LogP contribution in [0.1, 0.15) is 55.2 Å². The predicted octanol–water partition coefficient (Wildman–Crippen LogP) is 2.58. The molecule has 0 bridgehead atoms. The Morgan fingerprint density at radius 1 is 1.43 bits per heavy atom. The molecule has 1 fully saturated rings. The van der Waals surface area contributed by atoms with Crippen molar-refractivity contribution in [2.75, 3.05) is 11.4 Å². The van der Waals surface area contributed by atoms with E-state index < -0.39 is 0 Å². The maximum atomic E-state index is 12.5. The molecule has 0 radical (unpaired) electrons. The Bertz CT molecular complexity index is 694. The van der Waals surface area contributed by atoms with Crippen molar-refractivity contribution >= 4 is 11.6 Å². The first kappa shape index (κ1) is 15.6. The minimum Gasteiger partial charge on any atom is -0.353 e. The molecule has 1 saturated heterocycles. The highest BCUT2D eigenvalue weighted by Gasteiger charge is 2.28. The van der Waals surface area contributed by atoms with E-state index in [1.807, 2.05) is 19.3 Å². The van der Waals surface area contributed by atoms with E-state index in [0.717, 1.165) is 31.0 Å². The van der Waals surface area contributed by atoms with E-state index in [9.17, 15) is 4.79 Å². The molecule has 0 unspecified atom stereocenters. The summed E-state index contributed by atoms with van der Waals surface area (Å²) in [5, 5.41) is 4.08. The molecule has 1 atom stereocenters. The summed E-state index contributed by atoms with van der Waals surface area (Å²) in [7, 11) is 1.83. The van der Waals surface area contributed by atoms with E-state index in [2.05, 4.69) is 33.8 Å². The van der Waals surface area contributed by atoms with E-state index in [1.54, 1.807) is 17.1 Å². The Kier molecular flexibility index (Phi) is 4.41. The predicted molar refractivity (Wildman–Crippen MR) is 88.6 cm³/mol. The Morgan fingerprint density at radius 2 is 2.26 bits per heavy atom. The average molecular weight is 313 g/mol. The zero-order chi connectivity index (χ0) is 16.4. The Morgan fingerprint density at radius 3 is 2.96 bits per heavy atom. The summed E-state index contributed by atoms with van der Waals surface area (Å²) in [5.41, 5.74) is 0.685. The topological polar surface area (TPSA) is 63.9 Å². The summed E-state index contributed by atoms with van der Waals surface area (Å²) in [4.78, 5) is 23.7. The van der Waals surface area contributed by atoms with E-state index in [4.69, 9.17) is 0 Å². The molecule has 122 valence electrons. The van der Waals surface area contributed by atoms with E-state index in [1.165, 1.54) is 0 Å². The zero-order valence-corrected chi connectivity index (χ0v) is 13.9. The van der Waals surface area contributed by atoms with Crippen molar-refractivity contribution in [3.05, 3.63) is 36.0 Å². The monoisotopic (exact) mass is 313 g/mol. The molecule has 23 heavy (non-hydrogen) atoms. The van der Waals surface area contributed by atoms with Gasteiger partial charge in [0.05, 0.1) is 11.8 Å². The maximum Gasteiger partial charge on any atom is 0.168 e. The minimum absolute atomic E-state index is 0.146. The molecule has 0 amide bonds. The Labute approximate surface area is 136 Å². The lowest BCUT2D eigenvalue weighted by atomic mass is 10.0. The third kappa shape index (κ3) is 3.41. The molecule has 1 aliphatic rings. The van der Waals surface area contributed by atoms with Crippen LogP contribution in [0.2, 0.25) is 0 Å². The molecule has 1 aliphatic heterocycles. The van der Waals surface area contributed by atoms with E-state index in [-0.39, 0.29) is 11.8 Å². The number of nitrogens with zero attached hydrogens (tertiary/aromatic N) is 5. The molecule has 0 N–H and O–H groups in total.